The number of hydrogen-bond donors (Lipinski definition) is 0. The smallest absolute Gasteiger partial charge is 0.281 e. The normalized spacial score (nSPS) is 27.1. The van der Waals surface area contributed by atoms with Gasteiger partial charge in [0.2, 0.25) is 0 Å². The van der Waals surface area contributed by atoms with Crippen LogP contribution in [0.1, 0.15) is 31.2 Å². The molecule has 0 saturated carbocycles. The van der Waals surface area contributed by atoms with Gasteiger partial charge in [0.15, 0.2) is 0 Å². The van der Waals surface area contributed by atoms with Crippen molar-refractivity contribution in [1.82, 2.24) is 13.5 Å². The molecule has 0 aromatic heterocycles. The fraction of sp³-hybridized carbons (Fsp3) is 0.647. The first-order valence-corrected chi connectivity index (χ1v) is 9.87. The van der Waals surface area contributed by atoms with E-state index >= 15 is 0 Å². The molecule has 0 N–H and O–H groups in total. The molecule has 0 aliphatic carbocycles. The summed E-state index contributed by atoms with van der Waals surface area (Å²) in [5, 5.41) is 0. The van der Waals surface area contributed by atoms with Gasteiger partial charge in [-0.15, -0.1) is 0 Å². The van der Waals surface area contributed by atoms with Gasteiger partial charge in [0.25, 0.3) is 10.2 Å². The number of benzene rings is 1. The topological polar surface area (TPSA) is 43.9 Å². The van der Waals surface area contributed by atoms with E-state index < -0.39 is 10.2 Å². The SMILES string of the molecule is CN(C)S(=O)(=O)N1CCC[C@H]1[C@H]1CCCN1Cc1ccccc1. The van der Waals surface area contributed by atoms with Gasteiger partial charge in [-0.05, 0) is 37.8 Å². The van der Waals surface area contributed by atoms with Gasteiger partial charge in [0.1, 0.15) is 0 Å². The molecule has 2 fully saturated rings. The molecule has 0 amide bonds. The van der Waals surface area contributed by atoms with E-state index in [0.717, 1.165) is 38.8 Å². The van der Waals surface area contributed by atoms with E-state index in [0.29, 0.717) is 12.6 Å². The summed E-state index contributed by atoms with van der Waals surface area (Å²) < 4.78 is 28.3. The molecule has 128 valence electrons. The quantitative estimate of drug-likeness (QED) is 0.824. The van der Waals surface area contributed by atoms with Crippen molar-refractivity contribution in [2.24, 2.45) is 0 Å². The third-order valence-electron chi connectivity index (χ3n) is 5.09. The molecule has 2 aliphatic rings. The summed E-state index contributed by atoms with van der Waals surface area (Å²) >= 11 is 0. The molecule has 3 rings (SSSR count). The Labute approximate surface area is 140 Å². The van der Waals surface area contributed by atoms with Crippen molar-refractivity contribution in [3.8, 4) is 0 Å². The van der Waals surface area contributed by atoms with Crippen LogP contribution in [0.25, 0.3) is 0 Å². The molecule has 1 aromatic rings. The minimum atomic E-state index is -3.32. The Balaban J connectivity index is 1.76. The molecule has 2 saturated heterocycles. The molecule has 0 radical (unpaired) electrons. The average Bonchev–Trinajstić information content (AvgIpc) is 3.16. The summed E-state index contributed by atoms with van der Waals surface area (Å²) in [7, 11) is -0.0673. The fourth-order valence-electron chi connectivity index (χ4n) is 3.95. The highest BCUT2D eigenvalue weighted by atomic mass is 32.2. The average molecular weight is 337 g/mol. The molecule has 1 aromatic carbocycles. The third kappa shape index (κ3) is 3.45. The molecule has 2 aliphatic heterocycles. The van der Waals surface area contributed by atoms with Gasteiger partial charge in [-0.25, -0.2) is 0 Å². The Morgan fingerprint density at radius 3 is 2.39 bits per heavy atom. The predicted molar refractivity (Wildman–Crippen MR) is 92.2 cm³/mol. The number of nitrogens with zero attached hydrogens (tertiary/aromatic N) is 3. The standard InChI is InChI=1S/C17H27N3O2S/c1-18(2)23(21,22)20-13-7-11-17(20)16-10-6-12-19(16)14-15-8-4-3-5-9-15/h3-5,8-9,16-17H,6-7,10-14H2,1-2H3/t16-,17+/m1/s1. The van der Waals surface area contributed by atoms with Gasteiger partial charge < -0.3 is 0 Å². The molecule has 0 bridgehead atoms. The molecule has 2 heterocycles. The second kappa shape index (κ2) is 6.89. The van der Waals surface area contributed by atoms with Crippen molar-refractivity contribution >= 4 is 10.2 Å². The Hall–Kier alpha value is -0.950. The zero-order valence-corrected chi connectivity index (χ0v) is 14.9. The van der Waals surface area contributed by atoms with Gasteiger partial charge in [0, 0.05) is 39.3 Å². The summed E-state index contributed by atoms with van der Waals surface area (Å²) in [4.78, 5) is 2.48. The van der Waals surface area contributed by atoms with Crippen LogP contribution in [0.3, 0.4) is 0 Å². The third-order valence-corrected chi connectivity index (χ3v) is 7.06. The summed E-state index contributed by atoms with van der Waals surface area (Å²) in [5.74, 6) is 0. The van der Waals surface area contributed by atoms with Gasteiger partial charge in [-0.1, -0.05) is 30.3 Å². The van der Waals surface area contributed by atoms with E-state index in [1.807, 2.05) is 6.07 Å². The molecule has 5 nitrogen and oxygen atoms in total. The van der Waals surface area contributed by atoms with Crippen LogP contribution in [0.15, 0.2) is 30.3 Å². The predicted octanol–water partition coefficient (Wildman–Crippen LogP) is 1.92. The molecule has 23 heavy (non-hydrogen) atoms. The fourth-order valence-corrected chi connectivity index (χ4v) is 5.32. The van der Waals surface area contributed by atoms with Crippen LogP contribution in [0.5, 0.6) is 0 Å². The van der Waals surface area contributed by atoms with Crippen molar-refractivity contribution in [2.75, 3.05) is 27.2 Å². The molecule has 2 atom stereocenters. The second-order valence-corrected chi connectivity index (χ2v) is 8.87. The lowest BCUT2D eigenvalue weighted by molar-refractivity contribution is 0.170. The van der Waals surface area contributed by atoms with Crippen LogP contribution in [0.4, 0.5) is 0 Å². The molecule has 0 spiro atoms. The van der Waals surface area contributed by atoms with Gasteiger partial charge >= 0.3 is 0 Å². The van der Waals surface area contributed by atoms with Gasteiger partial charge in [-0.3, -0.25) is 4.90 Å². The monoisotopic (exact) mass is 337 g/mol. The number of hydrogen-bond acceptors (Lipinski definition) is 3. The van der Waals surface area contributed by atoms with Crippen molar-refractivity contribution in [2.45, 2.75) is 44.3 Å². The Bertz CT molecular complexity index is 618. The zero-order chi connectivity index (χ0) is 16.4. The second-order valence-electron chi connectivity index (χ2n) is 6.78. The highest BCUT2D eigenvalue weighted by Gasteiger charge is 2.43. The number of rotatable bonds is 5. The minimum absolute atomic E-state index is 0.119. The first-order chi connectivity index (χ1) is 11.0. The van der Waals surface area contributed by atoms with Crippen molar-refractivity contribution in [3.05, 3.63) is 35.9 Å². The van der Waals surface area contributed by atoms with E-state index in [4.69, 9.17) is 0 Å². The van der Waals surface area contributed by atoms with Crippen molar-refractivity contribution < 1.29 is 8.42 Å². The largest absolute Gasteiger partial charge is 0.295 e. The van der Waals surface area contributed by atoms with Gasteiger partial charge in [-0.2, -0.15) is 17.0 Å². The van der Waals surface area contributed by atoms with Crippen LogP contribution in [0, 0.1) is 0 Å². The first kappa shape index (κ1) is 16.9. The molecule has 0 unspecified atom stereocenters. The lowest BCUT2D eigenvalue weighted by atomic mass is 10.0. The van der Waals surface area contributed by atoms with E-state index in [2.05, 4.69) is 29.2 Å². The summed E-state index contributed by atoms with van der Waals surface area (Å²) in [6.07, 6.45) is 4.19. The van der Waals surface area contributed by atoms with E-state index in [1.54, 1.807) is 18.4 Å². The highest BCUT2D eigenvalue weighted by molar-refractivity contribution is 7.86. The van der Waals surface area contributed by atoms with E-state index in [-0.39, 0.29) is 6.04 Å². The summed E-state index contributed by atoms with van der Waals surface area (Å²) in [5.41, 5.74) is 1.31. The molecule has 6 heteroatoms. The maximum atomic E-state index is 12.6. The van der Waals surface area contributed by atoms with Crippen molar-refractivity contribution in [3.63, 3.8) is 0 Å². The molecular formula is C17H27N3O2S. The van der Waals surface area contributed by atoms with E-state index in [1.165, 1.54) is 9.87 Å². The Kier molecular flexibility index (Phi) is 5.06. The lowest BCUT2D eigenvalue weighted by Crippen LogP contribution is -2.50. The number of likely N-dealkylation sites (tertiary alicyclic amines) is 1. The van der Waals surface area contributed by atoms with Crippen LogP contribution in [0.2, 0.25) is 0 Å². The van der Waals surface area contributed by atoms with Crippen LogP contribution in [-0.2, 0) is 16.8 Å². The van der Waals surface area contributed by atoms with Crippen LogP contribution in [-0.4, -0.2) is 61.2 Å². The van der Waals surface area contributed by atoms with Crippen molar-refractivity contribution in [1.29, 1.82) is 0 Å². The Morgan fingerprint density at radius 1 is 1.04 bits per heavy atom. The Morgan fingerprint density at radius 2 is 1.70 bits per heavy atom. The first-order valence-electron chi connectivity index (χ1n) is 8.47. The maximum absolute atomic E-state index is 12.6. The van der Waals surface area contributed by atoms with Crippen LogP contribution < -0.4 is 0 Å². The summed E-state index contributed by atoms with van der Waals surface area (Å²) in [6, 6.07) is 10.9. The summed E-state index contributed by atoms with van der Waals surface area (Å²) in [6.45, 7) is 2.63. The minimum Gasteiger partial charge on any atom is -0.295 e. The highest BCUT2D eigenvalue weighted by Crippen LogP contribution is 2.33. The zero-order valence-electron chi connectivity index (χ0n) is 14.1. The van der Waals surface area contributed by atoms with Crippen LogP contribution >= 0.6 is 0 Å². The molecular weight excluding hydrogens is 310 g/mol. The van der Waals surface area contributed by atoms with E-state index in [9.17, 15) is 8.42 Å². The maximum Gasteiger partial charge on any atom is 0.281 e. The lowest BCUT2D eigenvalue weighted by Gasteiger charge is -2.35. The van der Waals surface area contributed by atoms with Gasteiger partial charge in [0.05, 0.1) is 0 Å².